The first-order chi connectivity index (χ1) is 18.1. The second kappa shape index (κ2) is 11.9. The van der Waals surface area contributed by atoms with Crippen LogP contribution in [0.5, 0.6) is 11.6 Å². The van der Waals surface area contributed by atoms with Gasteiger partial charge in [0.1, 0.15) is 23.2 Å². The minimum atomic E-state index is -4.23. The number of nitrogens with zero attached hydrogens (tertiary/aromatic N) is 2. The quantitative estimate of drug-likeness (QED) is 0.354. The van der Waals surface area contributed by atoms with E-state index in [2.05, 4.69) is 14.7 Å². The van der Waals surface area contributed by atoms with Crippen molar-refractivity contribution in [3.8, 4) is 22.9 Å². The van der Waals surface area contributed by atoms with E-state index in [-0.39, 0.29) is 31.3 Å². The molecule has 10 heteroatoms. The summed E-state index contributed by atoms with van der Waals surface area (Å²) in [5.41, 5.74) is 1.27. The van der Waals surface area contributed by atoms with Crippen molar-refractivity contribution in [1.29, 1.82) is 0 Å². The Morgan fingerprint density at radius 3 is 2.58 bits per heavy atom. The number of carbonyl (C=O) groups excluding carboxylic acids is 1. The Hall–Kier alpha value is -3.53. The van der Waals surface area contributed by atoms with E-state index in [1.54, 1.807) is 25.1 Å². The minimum Gasteiger partial charge on any atom is -0.493 e. The van der Waals surface area contributed by atoms with E-state index >= 15 is 0 Å². The zero-order valence-electron chi connectivity index (χ0n) is 21.7. The van der Waals surface area contributed by atoms with E-state index in [9.17, 15) is 17.6 Å². The summed E-state index contributed by atoms with van der Waals surface area (Å²) in [6, 6.07) is 11.8. The Balaban J connectivity index is 0.00000280. The number of sulfonamides is 1. The number of hydrogen-bond acceptors (Lipinski definition) is 7. The van der Waals surface area contributed by atoms with E-state index < -0.39 is 21.7 Å². The van der Waals surface area contributed by atoms with Crippen LogP contribution < -0.4 is 14.2 Å². The number of aryl methyl sites for hydroxylation is 1. The van der Waals surface area contributed by atoms with Crippen molar-refractivity contribution < 1.29 is 29.9 Å². The van der Waals surface area contributed by atoms with Crippen molar-refractivity contribution >= 4 is 15.9 Å². The van der Waals surface area contributed by atoms with Crippen LogP contribution in [0, 0.1) is 18.7 Å². The monoisotopic (exact) mass is 545 g/mol. The molecule has 1 aromatic carbocycles. The number of hydrogen-bond donors (Lipinski definition) is 1. The first kappa shape index (κ1) is 27.5. The highest BCUT2D eigenvalue weighted by Gasteiger charge is 2.26. The third-order valence-corrected chi connectivity index (χ3v) is 7.28. The van der Waals surface area contributed by atoms with Gasteiger partial charge in [0.05, 0.1) is 12.3 Å². The number of aromatic nitrogens is 2. The number of halogens is 1. The number of carbonyl (C=O) groups is 1. The average molecular weight is 546 g/mol. The third kappa shape index (κ3) is 7.06. The molecule has 0 atom stereocenters. The standard InChI is InChI=1S/C28H32FN3O5S.2H2/c1-18(2)17-36-23-15-20(14-21(29)16-23)25-13-12-24(28(31-25)37-22-9-5-4-6-10-22)27(33)32-38(34,35)26-11-7-8-19(3)30-26;;/h7-8,11-16,18,22H,4-6,9-10,17H2,1-3H3,(H,32,33);2*1H. The average Bonchev–Trinajstić information content (AvgIpc) is 2.87. The van der Waals surface area contributed by atoms with Crippen LogP contribution in [0.1, 0.15) is 64.9 Å². The lowest BCUT2D eigenvalue weighted by atomic mass is 9.98. The molecule has 206 valence electrons. The highest BCUT2D eigenvalue weighted by Crippen LogP contribution is 2.30. The van der Waals surface area contributed by atoms with Crippen LogP contribution in [-0.4, -0.2) is 37.0 Å². The second-order valence-electron chi connectivity index (χ2n) is 9.86. The minimum absolute atomic E-state index is 0. The summed E-state index contributed by atoms with van der Waals surface area (Å²) < 4.78 is 54.0. The van der Waals surface area contributed by atoms with E-state index in [1.807, 2.05) is 13.8 Å². The smallest absolute Gasteiger partial charge is 0.281 e. The van der Waals surface area contributed by atoms with Gasteiger partial charge in [-0.05, 0) is 74.9 Å². The van der Waals surface area contributed by atoms with Gasteiger partial charge in [0.25, 0.3) is 15.9 Å². The van der Waals surface area contributed by atoms with E-state index in [0.717, 1.165) is 32.1 Å². The molecule has 1 saturated carbocycles. The predicted octanol–water partition coefficient (Wildman–Crippen LogP) is 5.95. The second-order valence-corrected chi connectivity index (χ2v) is 11.5. The van der Waals surface area contributed by atoms with E-state index in [0.29, 0.717) is 29.3 Å². The van der Waals surface area contributed by atoms with Gasteiger partial charge in [-0.3, -0.25) is 4.79 Å². The fraction of sp³-hybridized carbons (Fsp3) is 0.393. The first-order valence-electron chi connectivity index (χ1n) is 12.7. The molecule has 0 aliphatic heterocycles. The summed E-state index contributed by atoms with van der Waals surface area (Å²) in [6.07, 6.45) is 4.51. The highest BCUT2D eigenvalue weighted by molar-refractivity contribution is 7.90. The molecule has 0 radical (unpaired) electrons. The van der Waals surface area contributed by atoms with Gasteiger partial charge in [-0.2, -0.15) is 8.42 Å². The molecule has 3 aromatic rings. The van der Waals surface area contributed by atoms with Crippen LogP contribution in [0.2, 0.25) is 0 Å². The SMILES string of the molecule is Cc1cccc(S(=O)(=O)NC(=O)c2ccc(-c3cc(F)cc(OCC(C)C)c3)nc2OC2CCCCC2)n1.[HH].[HH]. The fourth-order valence-electron chi connectivity index (χ4n) is 4.16. The van der Waals surface area contributed by atoms with Crippen LogP contribution >= 0.6 is 0 Å². The molecule has 0 bridgehead atoms. The lowest BCUT2D eigenvalue weighted by Gasteiger charge is -2.23. The highest BCUT2D eigenvalue weighted by atomic mass is 32.2. The van der Waals surface area contributed by atoms with Crippen LogP contribution in [0.3, 0.4) is 0 Å². The van der Waals surface area contributed by atoms with Crippen LogP contribution in [0.4, 0.5) is 4.39 Å². The van der Waals surface area contributed by atoms with Crippen molar-refractivity contribution in [2.75, 3.05) is 6.61 Å². The van der Waals surface area contributed by atoms with Crippen molar-refractivity contribution in [1.82, 2.24) is 14.7 Å². The predicted molar refractivity (Wildman–Crippen MR) is 145 cm³/mol. The summed E-state index contributed by atoms with van der Waals surface area (Å²) in [4.78, 5) is 21.7. The molecule has 1 aliphatic carbocycles. The fourth-order valence-corrected chi connectivity index (χ4v) is 5.14. The van der Waals surface area contributed by atoms with E-state index in [4.69, 9.17) is 9.47 Å². The van der Waals surface area contributed by atoms with Crippen molar-refractivity contribution in [2.24, 2.45) is 5.92 Å². The number of benzene rings is 1. The van der Waals surface area contributed by atoms with Gasteiger partial charge in [0.15, 0.2) is 5.03 Å². The van der Waals surface area contributed by atoms with Crippen LogP contribution in [0.25, 0.3) is 11.3 Å². The molecular weight excluding hydrogens is 509 g/mol. The number of nitrogens with one attached hydrogen (secondary N) is 1. The first-order valence-corrected chi connectivity index (χ1v) is 14.2. The van der Waals surface area contributed by atoms with Gasteiger partial charge in [0.2, 0.25) is 5.88 Å². The molecule has 2 aromatic heterocycles. The Morgan fingerprint density at radius 2 is 1.87 bits per heavy atom. The van der Waals surface area contributed by atoms with Gasteiger partial charge >= 0.3 is 0 Å². The maximum absolute atomic E-state index is 14.4. The molecule has 1 aliphatic rings. The summed E-state index contributed by atoms with van der Waals surface area (Å²) in [5, 5.41) is -0.265. The molecule has 2 heterocycles. The maximum Gasteiger partial charge on any atom is 0.281 e. The van der Waals surface area contributed by atoms with Crippen molar-refractivity contribution in [3.63, 3.8) is 0 Å². The summed E-state index contributed by atoms with van der Waals surface area (Å²) >= 11 is 0. The topological polar surface area (TPSA) is 107 Å². The van der Waals surface area contributed by atoms with Gasteiger partial charge in [-0.1, -0.05) is 26.3 Å². The Bertz CT molecular complexity index is 1420. The number of ether oxygens (including phenoxy) is 2. The lowest BCUT2D eigenvalue weighted by Crippen LogP contribution is -2.32. The number of rotatable bonds is 9. The molecule has 0 saturated heterocycles. The zero-order valence-corrected chi connectivity index (χ0v) is 22.6. The molecule has 1 amide bonds. The molecule has 0 spiro atoms. The zero-order chi connectivity index (χ0) is 27.3. The van der Waals surface area contributed by atoms with Gasteiger partial charge in [0, 0.05) is 20.2 Å². The van der Waals surface area contributed by atoms with Crippen LogP contribution in [-0.2, 0) is 10.0 Å². The summed E-state index contributed by atoms with van der Waals surface area (Å²) in [5.74, 6) is -0.758. The van der Waals surface area contributed by atoms with Gasteiger partial charge in [-0.15, -0.1) is 0 Å². The molecular formula is C28H36FN3O5S. The number of amides is 1. The Labute approximate surface area is 225 Å². The molecule has 0 unspecified atom stereocenters. The summed E-state index contributed by atoms with van der Waals surface area (Å²) in [6.45, 7) is 6.08. The molecule has 1 fully saturated rings. The van der Waals surface area contributed by atoms with E-state index in [1.165, 1.54) is 30.3 Å². The van der Waals surface area contributed by atoms with Crippen molar-refractivity contribution in [2.45, 2.75) is 64.0 Å². The third-order valence-electron chi connectivity index (χ3n) is 6.05. The lowest BCUT2D eigenvalue weighted by molar-refractivity contribution is 0.0966. The summed E-state index contributed by atoms with van der Waals surface area (Å²) in [7, 11) is -4.23. The van der Waals surface area contributed by atoms with Crippen LogP contribution in [0.15, 0.2) is 53.6 Å². The molecule has 8 nitrogen and oxygen atoms in total. The maximum atomic E-state index is 14.4. The largest absolute Gasteiger partial charge is 0.493 e. The number of pyridine rings is 2. The Morgan fingerprint density at radius 1 is 1.11 bits per heavy atom. The normalized spacial score (nSPS) is 14.3. The van der Waals surface area contributed by atoms with Crippen molar-refractivity contribution in [3.05, 3.63) is 65.6 Å². The molecule has 38 heavy (non-hydrogen) atoms. The van der Waals surface area contributed by atoms with Gasteiger partial charge in [-0.25, -0.2) is 19.1 Å². The molecule has 4 rings (SSSR count). The molecule has 1 N–H and O–H groups in total. The van der Waals surface area contributed by atoms with Gasteiger partial charge < -0.3 is 9.47 Å². The Kier molecular flexibility index (Phi) is 8.61.